The van der Waals surface area contributed by atoms with Gasteiger partial charge in [0, 0.05) is 5.02 Å². The Morgan fingerprint density at radius 3 is 2.60 bits per heavy atom. The van der Waals surface area contributed by atoms with E-state index in [1.54, 1.807) is 24.3 Å². The number of carbonyl (C=O) groups excluding carboxylic acids is 3. The molecule has 1 fully saturated rings. The second-order valence-corrected chi connectivity index (χ2v) is 7.90. The number of aromatic nitrogens is 1. The number of hydrogen-bond donors (Lipinski definition) is 3. The highest BCUT2D eigenvalue weighted by atomic mass is 35.5. The topological polar surface area (TPSA) is 109 Å². The van der Waals surface area contributed by atoms with Gasteiger partial charge in [0.2, 0.25) is 0 Å². The molecule has 3 aromatic rings. The lowest BCUT2D eigenvalue weighted by Crippen LogP contribution is -2.28. The molecule has 3 N–H and O–H groups in total. The van der Waals surface area contributed by atoms with Crippen molar-refractivity contribution in [3.63, 3.8) is 0 Å². The molecule has 8 nitrogen and oxygen atoms in total. The molecule has 3 amide bonds. The van der Waals surface area contributed by atoms with Gasteiger partial charge >= 0.3 is 0 Å². The number of thiazole rings is 1. The molecule has 0 aliphatic carbocycles. The smallest absolute Gasteiger partial charge is 0.275 e. The molecule has 1 aliphatic heterocycles. The number of hydrazine groups is 1. The van der Waals surface area contributed by atoms with Gasteiger partial charge in [-0.05, 0) is 48.4 Å². The van der Waals surface area contributed by atoms with Gasteiger partial charge in [-0.2, -0.15) is 0 Å². The van der Waals surface area contributed by atoms with Gasteiger partial charge in [-0.1, -0.05) is 35.1 Å². The van der Waals surface area contributed by atoms with Crippen LogP contribution in [0.2, 0.25) is 5.02 Å². The Kier molecular flexibility index (Phi) is 5.39. The van der Waals surface area contributed by atoms with Gasteiger partial charge in [-0.25, -0.2) is 4.98 Å². The summed E-state index contributed by atoms with van der Waals surface area (Å²) >= 11 is 7.45. The molecule has 4 rings (SSSR count). The van der Waals surface area contributed by atoms with Gasteiger partial charge in [0.1, 0.15) is 11.3 Å². The lowest BCUT2D eigenvalue weighted by molar-refractivity contribution is -0.118. The summed E-state index contributed by atoms with van der Waals surface area (Å²) < 4.78 is 6.37. The van der Waals surface area contributed by atoms with Crippen molar-refractivity contribution in [2.45, 2.75) is 6.92 Å². The number of aryl methyl sites for hydroxylation is 1. The van der Waals surface area contributed by atoms with E-state index in [-0.39, 0.29) is 18.1 Å². The predicted molar refractivity (Wildman–Crippen MR) is 114 cm³/mol. The van der Waals surface area contributed by atoms with Crippen LogP contribution in [-0.2, 0) is 14.4 Å². The first-order chi connectivity index (χ1) is 14.4. The van der Waals surface area contributed by atoms with E-state index < -0.39 is 11.8 Å². The van der Waals surface area contributed by atoms with Gasteiger partial charge in [0.05, 0.1) is 10.2 Å². The summed E-state index contributed by atoms with van der Waals surface area (Å²) in [5.41, 5.74) is 6.83. The van der Waals surface area contributed by atoms with Gasteiger partial charge < -0.3 is 4.74 Å². The van der Waals surface area contributed by atoms with Crippen molar-refractivity contribution in [1.29, 1.82) is 0 Å². The standard InChI is InChI=1S/C20H15ClN4O4S/c1-10-6-15-16(8-14(10)21)30-20(22-15)23-17(26)9-29-12-4-2-11(3-5-12)7-13-18(27)24-25-19(13)28/h2-8H,9H2,1H3,(H,24,27)(H,25,28)(H,22,23,26). The number of ether oxygens (including phenoxy) is 1. The average Bonchev–Trinajstić information content (AvgIpc) is 3.24. The Morgan fingerprint density at radius 1 is 1.20 bits per heavy atom. The monoisotopic (exact) mass is 442 g/mol. The van der Waals surface area contributed by atoms with Crippen molar-refractivity contribution in [2.24, 2.45) is 0 Å². The van der Waals surface area contributed by atoms with E-state index in [9.17, 15) is 14.4 Å². The summed E-state index contributed by atoms with van der Waals surface area (Å²) in [5.74, 6) is -0.838. The van der Waals surface area contributed by atoms with Gasteiger partial charge in [-0.3, -0.25) is 30.6 Å². The van der Waals surface area contributed by atoms with Crippen molar-refractivity contribution in [1.82, 2.24) is 15.8 Å². The fraction of sp³-hybridized carbons (Fsp3) is 0.100. The lowest BCUT2D eigenvalue weighted by Gasteiger charge is -2.06. The minimum Gasteiger partial charge on any atom is -0.484 e. The zero-order valence-electron chi connectivity index (χ0n) is 15.6. The molecule has 10 heteroatoms. The first kappa shape index (κ1) is 19.9. The second-order valence-electron chi connectivity index (χ2n) is 6.46. The van der Waals surface area contributed by atoms with E-state index in [0.717, 1.165) is 15.8 Å². The summed E-state index contributed by atoms with van der Waals surface area (Å²) in [6.07, 6.45) is 1.47. The van der Waals surface area contributed by atoms with E-state index in [2.05, 4.69) is 21.2 Å². The van der Waals surface area contributed by atoms with Crippen molar-refractivity contribution in [3.8, 4) is 5.75 Å². The number of amides is 3. The van der Waals surface area contributed by atoms with Crippen LogP contribution in [0.5, 0.6) is 5.75 Å². The predicted octanol–water partition coefficient (Wildman–Crippen LogP) is 2.82. The molecule has 0 bridgehead atoms. The van der Waals surface area contributed by atoms with Gasteiger partial charge in [0.15, 0.2) is 11.7 Å². The van der Waals surface area contributed by atoms with E-state index >= 15 is 0 Å². The molecule has 152 valence electrons. The molecule has 1 aliphatic rings. The fourth-order valence-corrected chi connectivity index (χ4v) is 3.85. The van der Waals surface area contributed by atoms with Crippen molar-refractivity contribution >= 4 is 62.1 Å². The van der Waals surface area contributed by atoms with Crippen molar-refractivity contribution in [2.75, 3.05) is 11.9 Å². The summed E-state index contributed by atoms with van der Waals surface area (Å²) in [6, 6.07) is 10.3. The summed E-state index contributed by atoms with van der Waals surface area (Å²) in [7, 11) is 0. The molecule has 0 atom stereocenters. The fourth-order valence-electron chi connectivity index (χ4n) is 2.72. The zero-order valence-corrected chi connectivity index (χ0v) is 17.2. The van der Waals surface area contributed by atoms with Crippen LogP contribution < -0.4 is 20.9 Å². The molecule has 2 aromatic carbocycles. The van der Waals surface area contributed by atoms with Crippen LogP contribution in [0.25, 0.3) is 16.3 Å². The van der Waals surface area contributed by atoms with Gasteiger partial charge in [0.25, 0.3) is 17.7 Å². The van der Waals surface area contributed by atoms with Crippen LogP contribution in [0.1, 0.15) is 11.1 Å². The summed E-state index contributed by atoms with van der Waals surface area (Å²) in [5, 5.41) is 3.83. The number of benzene rings is 2. The molecule has 30 heavy (non-hydrogen) atoms. The first-order valence-corrected chi connectivity index (χ1v) is 10.0. The molecule has 0 radical (unpaired) electrons. The maximum Gasteiger partial charge on any atom is 0.275 e. The number of fused-ring (bicyclic) bond motifs is 1. The van der Waals surface area contributed by atoms with E-state index in [4.69, 9.17) is 16.3 Å². The van der Waals surface area contributed by atoms with Crippen molar-refractivity contribution < 1.29 is 19.1 Å². The second kappa shape index (κ2) is 8.13. The molecule has 2 heterocycles. The Labute approximate surface area is 179 Å². The molecule has 1 aromatic heterocycles. The lowest BCUT2D eigenvalue weighted by atomic mass is 10.1. The number of carbonyl (C=O) groups is 3. The number of anilines is 1. The SMILES string of the molecule is Cc1cc2nc(NC(=O)COc3ccc(C=C4C(=O)NNC4=O)cc3)sc2cc1Cl. The van der Waals surface area contributed by atoms with E-state index in [1.165, 1.54) is 17.4 Å². The Hall–Kier alpha value is -3.43. The van der Waals surface area contributed by atoms with Crippen molar-refractivity contribution in [3.05, 3.63) is 58.1 Å². The number of hydrogen-bond acceptors (Lipinski definition) is 6. The third-order valence-electron chi connectivity index (χ3n) is 4.26. The van der Waals surface area contributed by atoms with Crippen LogP contribution in [0, 0.1) is 6.92 Å². The third-order valence-corrected chi connectivity index (χ3v) is 5.60. The average molecular weight is 443 g/mol. The van der Waals surface area contributed by atoms with E-state index in [1.807, 2.05) is 19.1 Å². The Balaban J connectivity index is 1.35. The minimum absolute atomic E-state index is 0.0235. The van der Waals surface area contributed by atoms with Crippen LogP contribution >= 0.6 is 22.9 Å². The number of nitrogens with zero attached hydrogens (tertiary/aromatic N) is 1. The molecule has 0 unspecified atom stereocenters. The zero-order chi connectivity index (χ0) is 21.3. The molecule has 0 spiro atoms. The third kappa shape index (κ3) is 4.27. The van der Waals surface area contributed by atoms with Crippen LogP contribution in [-0.4, -0.2) is 29.3 Å². The molecular weight excluding hydrogens is 428 g/mol. The Bertz CT molecular complexity index is 1150. The quantitative estimate of drug-likeness (QED) is 0.416. The molecule has 0 saturated carbocycles. The maximum absolute atomic E-state index is 12.2. The van der Waals surface area contributed by atoms with Crippen LogP contribution in [0.3, 0.4) is 0 Å². The van der Waals surface area contributed by atoms with Crippen LogP contribution in [0.4, 0.5) is 5.13 Å². The number of nitrogens with one attached hydrogen (secondary N) is 3. The molecular formula is C20H15ClN4O4S. The highest BCUT2D eigenvalue weighted by Crippen LogP contribution is 2.30. The van der Waals surface area contributed by atoms with Crippen LogP contribution in [0.15, 0.2) is 42.0 Å². The highest BCUT2D eigenvalue weighted by Gasteiger charge is 2.25. The Morgan fingerprint density at radius 2 is 1.90 bits per heavy atom. The maximum atomic E-state index is 12.2. The largest absolute Gasteiger partial charge is 0.484 e. The minimum atomic E-state index is -0.482. The van der Waals surface area contributed by atoms with E-state index in [0.29, 0.717) is 21.5 Å². The number of rotatable bonds is 5. The normalized spacial score (nSPS) is 13.2. The number of halogens is 1. The summed E-state index contributed by atoms with van der Waals surface area (Å²) in [4.78, 5) is 39.6. The highest BCUT2D eigenvalue weighted by molar-refractivity contribution is 7.22. The summed E-state index contributed by atoms with van der Waals surface area (Å²) in [6.45, 7) is 1.70. The molecule has 1 saturated heterocycles. The first-order valence-electron chi connectivity index (χ1n) is 8.81. The van der Waals surface area contributed by atoms with Gasteiger partial charge in [-0.15, -0.1) is 0 Å².